The number of carbonyl (C=O) groups is 2. The predicted molar refractivity (Wildman–Crippen MR) is 90.2 cm³/mol. The van der Waals surface area contributed by atoms with Crippen LogP contribution < -0.4 is 35.0 Å². The molecular weight excluding hydrogens is 423 g/mol. The van der Waals surface area contributed by atoms with Gasteiger partial charge in [0.05, 0.1) is 0 Å². The van der Waals surface area contributed by atoms with Gasteiger partial charge in [0.1, 0.15) is 0 Å². The van der Waals surface area contributed by atoms with Gasteiger partial charge in [-0.3, -0.25) is 9.59 Å². The number of halogens is 2. The van der Waals surface area contributed by atoms with E-state index in [0.717, 1.165) is 12.2 Å². The first kappa shape index (κ1) is 29.9. The van der Waals surface area contributed by atoms with Gasteiger partial charge >= 0.3 is 21.7 Å². The molecule has 4 nitrogen and oxygen atoms in total. The van der Waals surface area contributed by atoms with Crippen molar-refractivity contribution in [3.63, 3.8) is 0 Å². The molecule has 0 radical (unpaired) electrons. The van der Waals surface area contributed by atoms with Gasteiger partial charge in [0.15, 0.2) is 11.6 Å². The van der Waals surface area contributed by atoms with Crippen molar-refractivity contribution in [2.45, 2.75) is 13.8 Å². The molecule has 0 saturated heterocycles. The van der Waals surface area contributed by atoms with Gasteiger partial charge < -0.3 is 35.0 Å². The minimum absolute atomic E-state index is 0. The summed E-state index contributed by atoms with van der Waals surface area (Å²) >= 11 is 0. The Morgan fingerprint density at radius 1 is 0.667 bits per heavy atom. The molecule has 0 bridgehead atoms. The molecule has 27 heavy (non-hydrogen) atoms. The second kappa shape index (κ2) is 16.3. The molecule has 0 atom stereocenters. The summed E-state index contributed by atoms with van der Waals surface area (Å²) in [6, 6.07) is 17.4. The summed E-state index contributed by atoms with van der Waals surface area (Å²) in [5, 5.41) is 22.4. The van der Waals surface area contributed by atoms with Crippen LogP contribution in [0.15, 0.2) is 72.8 Å². The normalized spacial score (nSPS) is 10.0. The molecule has 0 fully saturated rings. The van der Waals surface area contributed by atoms with Crippen molar-refractivity contribution >= 4 is 23.1 Å². The Hall–Kier alpha value is -1.85. The Morgan fingerprint density at radius 2 is 0.926 bits per heavy atom. The van der Waals surface area contributed by atoms with Crippen molar-refractivity contribution in [3.8, 4) is 0 Å². The van der Waals surface area contributed by atoms with Crippen LogP contribution in [0.2, 0.25) is 0 Å². The second-order valence-corrected chi connectivity index (χ2v) is 4.97. The number of ketones is 2. The van der Waals surface area contributed by atoms with Gasteiger partial charge in [0.25, 0.3) is 0 Å². The zero-order chi connectivity index (χ0) is 17.9. The summed E-state index contributed by atoms with van der Waals surface area (Å²) in [6.45, 7) is 2.72. The standard InChI is InChI=1S/2C10H10O2.2ClH.Ti/c2*1-8(11)7-10(12)9-5-3-2-4-6-9;;;/h2*2-7,12H,1H3;2*1H;/q;;;;+4/p-4/b2*10-7+;;;. The van der Waals surface area contributed by atoms with Crippen molar-refractivity contribution in [2.24, 2.45) is 0 Å². The van der Waals surface area contributed by atoms with Crippen LogP contribution in [0.3, 0.4) is 0 Å². The molecule has 2 rings (SSSR count). The summed E-state index contributed by atoms with van der Waals surface area (Å²) in [5.41, 5.74) is 1.10. The van der Waals surface area contributed by atoms with Gasteiger partial charge in [0, 0.05) is 0 Å². The molecule has 140 valence electrons. The van der Waals surface area contributed by atoms with E-state index in [2.05, 4.69) is 0 Å². The van der Waals surface area contributed by atoms with E-state index in [1.807, 2.05) is 12.1 Å². The molecule has 0 spiro atoms. The van der Waals surface area contributed by atoms with Crippen LogP contribution in [0.25, 0.3) is 11.5 Å². The van der Waals surface area contributed by atoms with Gasteiger partial charge in [-0.2, -0.15) is 0 Å². The number of allylic oxidation sites excluding steroid dienone is 2. The number of carbonyl (C=O) groups excluding carboxylic acids is 2. The summed E-state index contributed by atoms with van der Waals surface area (Å²) < 4.78 is 0. The van der Waals surface area contributed by atoms with E-state index in [4.69, 9.17) is 0 Å². The first-order valence-corrected chi connectivity index (χ1v) is 7.29. The number of hydrogen-bond donors (Lipinski definition) is 0. The molecule has 0 aliphatic carbocycles. The molecule has 0 amide bonds. The van der Waals surface area contributed by atoms with Gasteiger partial charge in [-0.05, 0) is 37.1 Å². The van der Waals surface area contributed by atoms with Crippen molar-refractivity contribution < 1.29 is 66.3 Å². The van der Waals surface area contributed by atoms with Crippen LogP contribution >= 0.6 is 0 Å². The Labute approximate surface area is 186 Å². The van der Waals surface area contributed by atoms with Crippen LogP contribution in [-0.4, -0.2) is 11.6 Å². The molecule has 2 aromatic rings. The van der Waals surface area contributed by atoms with Crippen molar-refractivity contribution in [1.29, 1.82) is 0 Å². The average molecular weight is 441 g/mol. The van der Waals surface area contributed by atoms with Gasteiger partial charge in [-0.25, -0.2) is 0 Å². The SMILES string of the molecule is CC(=O)/C=C(/[O-])c1ccccc1.CC(=O)/C=C(/[O-])c1ccccc1.[Cl-].[Cl-].[Ti+4]. The molecular formula is C20H18Cl2O4Ti. The van der Waals surface area contributed by atoms with Crippen molar-refractivity contribution in [3.05, 3.63) is 83.9 Å². The minimum atomic E-state index is -0.233. The largest absolute Gasteiger partial charge is 4.00 e. The molecule has 0 N–H and O–H groups in total. The fourth-order valence-corrected chi connectivity index (χ4v) is 1.74. The Kier molecular flexibility index (Phi) is 18.1. The third-order valence-corrected chi connectivity index (χ3v) is 2.79. The summed E-state index contributed by atoms with van der Waals surface area (Å²) in [6.07, 6.45) is 2.19. The van der Waals surface area contributed by atoms with E-state index in [-0.39, 0.29) is 69.6 Å². The fourth-order valence-electron chi connectivity index (χ4n) is 1.74. The second-order valence-electron chi connectivity index (χ2n) is 4.97. The van der Waals surface area contributed by atoms with Crippen LogP contribution in [0.1, 0.15) is 25.0 Å². The molecule has 0 aliphatic heterocycles. The van der Waals surface area contributed by atoms with Gasteiger partial charge in [-0.15, -0.1) is 0 Å². The Bertz CT molecular complexity index is 680. The maximum Gasteiger partial charge on any atom is 4.00 e. The van der Waals surface area contributed by atoms with E-state index in [1.54, 1.807) is 48.5 Å². The maximum absolute atomic E-state index is 11.2. The first-order valence-electron chi connectivity index (χ1n) is 7.29. The Morgan fingerprint density at radius 3 is 1.15 bits per heavy atom. The molecule has 0 saturated carbocycles. The van der Waals surface area contributed by atoms with Gasteiger partial charge in [-0.1, -0.05) is 72.2 Å². The van der Waals surface area contributed by atoms with Crippen molar-refractivity contribution in [2.75, 3.05) is 0 Å². The zero-order valence-corrected chi connectivity index (χ0v) is 17.9. The summed E-state index contributed by atoms with van der Waals surface area (Å²) in [5.74, 6) is -0.904. The monoisotopic (exact) mass is 440 g/mol. The zero-order valence-electron chi connectivity index (χ0n) is 14.8. The predicted octanol–water partition coefficient (Wildman–Crippen LogP) is -4.04. The van der Waals surface area contributed by atoms with Crippen LogP contribution in [0, 0.1) is 0 Å². The molecule has 0 unspecified atom stereocenters. The third kappa shape index (κ3) is 13.0. The van der Waals surface area contributed by atoms with Crippen LogP contribution in [0.5, 0.6) is 0 Å². The van der Waals surface area contributed by atoms with Crippen molar-refractivity contribution in [1.82, 2.24) is 0 Å². The third-order valence-electron chi connectivity index (χ3n) is 2.79. The average Bonchev–Trinajstić information content (AvgIpc) is 2.56. The van der Waals surface area contributed by atoms with Crippen LogP contribution in [0.4, 0.5) is 0 Å². The smallest absolute Gasteiger partial charge is 1.00 e. The summed E-state index contributed by atoms with van der Waals surface area (Å²) in [4.78, 5) is 21.1. The number of rotatable bonds is 4. The van der Waals surface area contributed by atoms with E-state index in [9.17, 15) is 19.8 Å². The molecule has 0 heterocycles. The maximum atomic E-state index is 11.2. The Balaban J connectivity index is -0.000000384. The molecule has 2 aromatic carbocycles. The van der Waals surface area contributed by atoms with E-state index in [0.29, 0.717) is 11.1 Å². The molecule has 0 aromatic heterocycles. The number of benzene rings is 2. The minimum Gasteiger partial charge on any atom is -1.00 e. The number of hydrogen-bond acceptors (Lipinski definition) is 4. The quantitative estimate of drug-likeness (QED) is 0.275. The first-order chi connectivity index (χ1) is 11.4. The summed E-state index contributed by atoms with van der Waals surface area (Å²) in [7, 11) is 0. The van der Waals surface area contributed by atoms with Crippen LogP contribution in [-0.2, 0) is 31.3 Å². The fraction of sp³-hybridized carbons (Fsp3) is 0.100. The van der Waals surface area contributed by atoms with E-state index < -0.39 is 0 Å². The van der Waals surface area contributed by atoms with Gasteiger partial charge in [0.2, 0.25) is 0 Å². The molecule has 0 aliphatic rings. The molecule has 7 heteroatoms. The van der Waals surface area contributed by atoms with E-state index >= 15 is 0 Å². The van der Waals surface area contributed by atoms with E-state index in [1.165, 1.54) is 13.8 Å². The topological polar surface area (TPSA) is 80.3 Å².